The highest BCUT2D eigenvalue weighted by molar-refractivity contribution is 5.28. The van der Waals surface area contributed by atoms with Crippen molar-refractivity contribution in [2.45, 2.75) is 25.6 Å². The van der Waals surface area contributed by atoms with E-state index in [9.17, 15) is 5.11 Å². The van der Waals surface area contributed by atoms with E-state index in [1.165, 1.54) is 5.56 Å². The molecule has 122 valence electrons. The minimum atomic E-state index is -0.528. The Hall–Kier alpha value is -2.65. The van der Waals surface area contributed by atoms with Gasteiger partial charge in [-0.2, -0.15) is 0 Å². The molecule has 1 heterocycles. The van der Waals surface area contributed by atoms with Gasteiger partial charge in [-0.1, -0.05) is 48.5 Å². The number of pyridine rings is 1. The second-order valence-corrected chi connectivity index (χ2v) is 5.73. The van der Waals surface area contributed by atoms with Crippen molar-refractivity contribution in [1.29, 1.82) is 0 Å². The molecule has 3 nitrogen and oxygen atoms in total. The molecular weight excluding hydrogens is 298 g/mol. The summed E-state index contributed by atoms with van der Waals surface area (Å²) in [5, 5.41) is 10.2. The number of hydrogen-bond acceptors (Lipinski definition) is 3. The normalized spacial score (nSPS) is 11.9. The molecule has 3 rings (SSSR count). The molecule has 1 atom stereocenters. The van der Waals surface area contributed by atoms with Crippen molar-refractivity contribution in [2.75, 3.05) is 0 Å². The van der Waals surface area contributed by atoms with E-state index in [1.807, 2.05) is 72.8 Å². The van der Waals surface area contributed by atoms with Crippen LogP contribution in [0.4, 0.5) is 0 Å². The highest BCUT2D eigenvalue weighted by atomic mass is 16.5. The topological polar surface area (TPSA) is 42.4 Å². The van der Waals surface area contributed by atoms with Gasteiger partial charge in [-0.15, -0.1) is 0 Å². The minimum absolute atomic E-state index is 0.528. The van der Waals surface area contributed by atoms with Gasteiger partial charge in [-0.05, 0) is 48.2 Å². The van der Waals surface area contributed by atoms with Crippen molar-refractivity contribution in [3.63, 3.8) is 0 Å². The summed E-state index contributed by atoms with van der Waals surface area (Å²) < 4.78 is 5.78. The summed E-state index contributed by atoms with van der Waals surface area (Å²) >= 11 is 0. The Balaban J connectivity index is 1.49. The first-order chi connectivity index (χ1) is 11.8. The molecule has 0 amide bonds. The predicted molar refractivity (Wildman–Crippen MR) is 94.7 cm³/mol. The molecule has 0 saturated carbocycles. The molecule has 0 bridgehead atoms. The molecule has 0 spiro atoms. The van der Waals surface area contributed by atoms with Gasteiger partial charge in [0.1, 0.15) is 12.4 Å². The fourth-order valence-electron chi connectivity index (χ4n) is 2.52. The Bertz CT molecular complexity index is 727. The van der Waals surface area contributed by atoms with Crippen molar-refractivity contribution in [2.24, 2.45) is 0 Å². The van der Waals surface area contributed by atoms with Crippen LogP contribution in [-0.4, -0.2) is 10.1 Å². The average Bonchev–Trinajstić information content (AvgIpc) is 2.67. The van der Waals surface area contributed by atoms with E-state index in [4.69, 9.17) is 4.74 Å². The van der Waals surface area contributed by atoms with Crippen LogP contribution in [0.3, 0.4) is 0 Å². The molecule has 0 saturated heterocycles. The van der Waals surface area contributed by atoms with Gasteiger partial charge in [0, 0.05) is 6.20 Å². The first-order valence-electron chi connectivity index (χ1n) is 8.16. The average molecular weight is 319 g/mol. The maximum Gasteiger partial charge on any atom is 0.119 e. The summed E-state index contributed by atoms with van der Waals surface area (Å²) in [6.45, 7) is 0.568. The first-order valence-corrected chi connectivity index (χ1v) is 8.16. The smallest absolute Gasteiger partial charge is 0.119 e. The van der Waals surface area contributed by atoms with Crippen molar-refractivity contribution < 1.29 is 9.84 Å². The van der Waals surface area contributed by atoms with Crippen LogP contribution < -0.4 is 4.74 Å². The second-order valence-electron chi connectivity index (χ2n) is 5.73. The summed E-state index contributed by atoms with van der Waals surface area (Å²) in [5.41, 5.74) is 3.05. The number of nitrogens with zero attached hydrogens (tertiary/aromatic N) is 1. The van der Waals surface area contributed by atoms with Gasteiger partial charge in [0.15, 0.2) is 0 Å². The highest BCUT2D eigenvalue weighted by Crippen LogP contribution is 2.19. The molecule has 0 aliphatic heterocycles. The van der Waals surface area contributed by atoms with Crippen LogP contribution >= 0.6 is 0 Å². The number of aryl methyl sites for hydroxylation is 1. The third kappa shape index (κ3) is 4.67. The molecule has 1 N–H and O–H groups in total. The second kappa shape index (κ2) is 8.27. The van der Waals surface area contributed by atoms with E-state index in [0.29, 0.717) is 13.0 Å². The summed E-state index contributed by atoms with van der Waals surface area (Å²) in [4.78, 5) is 4.19. The third-order valence-electron chi connectivity index (χ3n) is 3.91. The van der Waals surface area contributed by atoms with Gasteiger partial charge in [-0.25, -0.2) is 0 Å². The molecular formula is C21H21NO2. The van der Waals surface area contributed by atoms with E-state index < -0.39 is 6.10 Å². The van der Waals surface area contributed by atoms with Crippen molar-refractivity contribution in [1.82, 2.24) is 4.98 Å². The third-order valence-corrected chi connectivity index (χ3v) is 3.91. The van der Waals surface area contributed by atoms with Crippen LogP contribution in [0.1, 0.15) is 29.3 Å². The SMILES string of the molecule is OC(CCc1ccc(OCc2ccccc2)cc1)c1ccccn1. The van der Waals surface area contributed by atoms with Crippen LogP contribution in [0.25, 0.3) is 0 Å². The van der Waals surface area contributed by atoms with Crippen LogP contribution in [0.2, 0.25) is 0 Å². The standard InChI is InChI=1S/C21H21NO2/c23-21(20-8-4-5-15-22-20)14-11-17-9-12-19(13-10-17)24-16-18-6-2-1-3-7-18/h1-10,12-13,15,21,23H,11,14,16H2. The van der Waals surface area contributed by atoms with Gasteiger partial charge < -0.3 is 9.84 Å². The van der Waals surface area contributed by atoms with Crippen molar-refractivity contribution in [3.8, 4) is 5.75 Å². The Labute approximate surface area is 142 Å². The number of aliphatic hydroxyl groups excluding tert-OH is 1. The lowest BCUT2D eigenvalue weighted by Crippen LogP contribution is -2.01. The van der Waals surface area contributed by atoms with E-state index in [0.717, 1.165) is 23.4 Å². The Morgan fingerprint density at radius 2 is 1.58 bits per heavy atom. The molecule has 1 unspecified atom stereocenters. The molecule has 24 heavy (non-hydrogen) atoms. The lowest BCUT2D eigenvalue weighted by atomic mass is 10.0. The lowest BCUT2D eigenvalue weighted by Gasteiger charge is -2.10. The van der Waals surface area contributed by atoms with E-state index >= 15 is 0 Å². The number of aliphatic hydroxyl groups is 1. The molecule has 3 heteroatoms. The highest BCUT2D eigenvalue weighted by Gasteiger charge is 2.08. The molecule has 1 aromatic heterocycles. The summed E-state index contributed by atoms with van der Waals surface area (Å²) in [5.74, 6) is 0.855. The summed E-state index contributed by atoms with van der Waals surface area (Å²) in [6.07, 6.45) is 2.63. The van der Waals surface area contributed by atoms with Gasteiger partial charge in [-0.3, -0.25) is 4.98 Å². The van der Waals surface area contributed by atoms with E-state index in [-0.39, 0.29) is 0 Å². The molecule has 0 fully saturated rings. The van der Waals surface area contributed by atoms with Crippen LogP contribution in [0.15, 0.2) is 79.0 Å². The zero-order valence-electron chi connectivity index (χ0n) is 13.5. The predicted octanol–water partition coefficient (Wildman–Crippen LogP) is 4.33. The van der Waals surface area contributed by atoms with E-state index in [2.05, 4.69) is 4.98 Å². The molecule has 2 aromatic carbocycles. The van der Waals surface area contributed by atoms with Gasteiger partial charge in [0.2, 0.25) is 0 Å². The number of benzene rings is 2. The molecule has 0 radical (unpaired) electrons. The first kappa shape index (κ1) is 16.2. The number of ether oxygens (including phenoxy) is 1. The van der Waals surface area contributed by atoms with E-state index in [1.54, 1.807) is 6.20 Å². The number of aromatic nitrogens is 1. The fraction of sp³-hybridized carbons (Fsp3) is 0.190. The van der Waals surface area contributed by atoms with Crippen LogP contribution in [0, 0.1) is 0 Å². The van der Waals surface area contributed by atoms with Crippen LogP contribution in [-0.2, 0) is 13.0 Å². The molecule has 0 aliphatic rings. The van der Waals surface area contributed by atoms with Gasteiger partial charge in [0.05, 0.1) is 11.8 Å². The molecule has 0 aliphatic carbocycles. The van der Waals surface area contributed by atoms with Crippen LogP contribution in [0.5, 0.6) is 5.75 Å². The quantitative estimate of drug-likeness (QED) is 0.705. The van der Waals surface area contributed by atoms with Gasteiger partial charge >= 0.3 is 0 Å². The zero-order chi connectivity index (χ0) is 16.6. The Kier molecular flexibility index (Phi) is 5.59. The maximum absolute atomic E-state index is 10.2. The summed E-state index contributed by atoms with van der Waals surface area (Å²) in [6, 6.07) is 23.8. The maximum atomic E-state index is 10.2. The monoisotopic (exact) mass is 319 g/mol. The zero-order valence-corrected chi connectivity index (χ0v) is 13.5. The number of hydrogen-bond donors (Lipinski definition) is 1. The van der Waals surface area contributed by atoms with Crippen molar-refractivity contribution >= 4 is 0 Å². The number of rotatable bonds is 7. The summed E-state index contributed by atoms with van der Waals surface area (Å²) in [7, 11) is 0. The lowest BCUT2D eigenvalue weighted by molar-refractivity contribution is 0.163. The Morgan fingerprint density at radius 3 is 2.29 bits per heavy atom. The Morgan fingerprint density at radius 1 is 0.833 bits per heavy atom. The van der Waals surface area contributed by atoms with Gasteiger partial charge in [0.25, 0.3) is 0 Å². The molecule has 3 aromatic rings. The fourth-order valence-corrected chi connectivity index (χ4v) is 2.52. The van der Waals surface area contributed by atoms with Crippen molar-refractivity contribution in [3.05, 3.63) is 95.8 Å². The largest absolute Gasteiger partial charge is 0.489 e. The minimum Gasteiger partial charge on any atom is -0.489 e.